The number of hydrogen-bond donors (Lipinski definition) is 1. The molecule has 7 heteroatoms. The zero-order valence-electron chi connectivity index (χ0n) is 20.5. The number of carbonyl (C=O) groups is 2. The van der Waals surface area contributed by atoms with E-state index in [1.54, 1.807) is 18.2 Å². The maximum absolute atomic E-state index is 13.0. The third-order valence-corrected chi connectivity index (χ3v) is 7.24. The average molecular weight is 561 g/mol. The molecular formula is C30H29BrN2O4. The molecule has 190 valence electrons. The minimum Gasteiger partial charge on any atom is -0.490 e. The van der Waals surface area contributed by atoms with Crippen molar-refractivity contribution in [2.24, 2.45) is 0 Å². The summed E-state index contributed by atoms with van der Waals surface area (Å²) in [6, 6.07) is 22.9. The fraction of sp³-hybridized carbons (Fsp3) is 0.267. The molecule has 0 bridgehead atoms. The first-order valence-electron chi connectivity index (χ1n) is 12.7. The van der Waals surface area contributed by atoms with Crippen molar-refractivity contribution in [1.29, 1.82) is 0 Å². The second-order valence-electron chi connectivity index (χ2n) is 9.26. The van der Waals surface area contributed by atoms with Crippen molar-refractivity contribution >= 4 is 39.5 Å². The van der Waals surface area contributed by atoms with Gasteiger partial charge in [0.1, 0.15) is 30.3 Å². The maximum Gasteiger partial charge on any atom is 0.282 e. The van der Waals surface area contributed by atoms with Crippen molar-refractivity contribution in [3.05, 3.63) is 94.0 Å². The highest BCUT2D eigenvalue weighted by molar-refractivity contribution is 9.10. The minimum atomic E-state index is -0.459. The maximum atomic E-state index is 13.0. The average Bonchev–Trinajstić information content (AvgIpc) is 3.22. The second-order valence-corrected chi connectivity index (χ2v) is 10.2. The quantitative estimate of drug-likeness (QED) is 0.196. The number of nitrogens with one attached hydrogen (secondary N) is 1. The van der Waals surface area contributed by atoms with Gasteiger partial charge in [-0.2, -0.15) is 0 Å². The van der Waals surface area contributed by atoms with Crippen LogP contribution in [0.3, 0.4) is 0 Å². The van der Waals surface area contributed by atoms with E-state index in [4.69, 9.17) is 9.47 Å². The Morgan fingerprint density at radius 3 is 2.38 bits per heavy atom. The summed E-state index contributed by atoms with van der Waals surface area (Å²) in [5, 5.41) is 1.25. The van der Waals surface area contributed by atoms with E-state index in [1.807, 2.05) is 48.5 Å². The third-order valence-electron chi connectivity index (χ3n) is 6.74. The van der Waals surface area contributed by atoms with E-state index < -0.39 is 11.8 Å². The zero-order chi connectivity index (χ0) is 25.6. The highest BCUT2D eigenvalue weighted by Crippen LogP contribution is 2.33. The SMILES string of the molecule is O=C1NN(c2ccccc2)C(=O)/C1=C/c1cc(Br)ccc1OCCOc1ccc(C2CCCCC2)cc1. The van der Waals surface area contributed by atoms with Crippen molar-refractivity contribution in [2.45, 2.75) is 38.0 Å². The molecule has 1 aliphatic heterocycles. The van der Waals surface area contributed by atoms with Crippen LogP contribution in [0.1, 0.15) is 49.1 Å². The van der Waals surface area contributed by atoms with Gasteiger partial charge in [-0.15, -0.1) is 0 Å². The summed E-state index contributed by atoms with van der Waals surface area (Å²) in [5.41, 5.74) is 5.28. The van der Waals surface area contributed by atoms with Crippen LogP contribution in [0.15, 0.2) is 82.8 Å². The second kappa shape index (κ2) is 11.6. The summed E-state index contributed by atoms with van der Waals surface area (Å²) in [6.45, 7) is 0.689. The van der Waals surface area contributed by atoms with Gasteiger partial charge in [-0.1, -0.05) is 65.5 Å². The Bertz CT molecular complexity index is 1280. The number of para-hydroxylation sites is 1. The number of rotatable bonds is 8. The third kappa shape index (κ3) is 6.05. The van der Waals surface area contributed by atoms with Gasteiger partial charge in [-0.3, -0.25) is 15.0 Å². The molecule has 5 rings (SSSR count). The van der Waals surface area contributed by atoms with Crippen LogP contribution in [-0.2, 0) is 9.59 Å². The lowest BCUT2D eigenvalue weighted by Gasteiger charge is -2.22. The molecule has 2 fully saturated rings. The van der Waals surface area contributed by atoms with Crippen LogP contribution in [0.2, 0.25) is 0 Å². The largest absolute Gasteiger partial charge is 0.490 e. The fourth-order valence-corrected chi connectivity index (χ4v) is 5.20. The first-order chi connectivity index (χ1) is 18.1. The van der Waals surface area contributed by atoms with Gasteiger partial charge >= 0.3 is 0 Å². The molecule has 1 N–H and O–H groups in total. The molecule has 37 heavy (non-hydrogen) atoms. The monoisotopic (exact) mass is 560 g/mol. The lowest BCUT2D eigenvalue weighted by Crippen LogP contribution is -2.35. The zero-order valence-corrected chi connectivity index (χ0v) is 22.1. The van der Waals surface area contributed by atoms with Crippen molar-refractivity contribution in [2.75, 3.05) is 18.2 Å². The molecule has 1 saturated carbocycles. The van der Waals surface area contributed by atoms with E-state index >= 15 is 0 Å². The molecular weight excluding hydrogens is 532 g/mol. The van der Waals surface area contributed by atoms with Gasteiger partial charge in [0, 0.05) is 10.0 Å². The van der Waals surface area contributed by atoms with E-state index in [2.05, 4.69) is 33.5 Å². The first-order valence-corrected chi connectivity index (χ1v) is 13.4. The molecule has 1 heterocycles. The summed E-state index contributed by atoms with van der Waals surface area (Å²) in [4.78, 5) is 25.6. The normalized spacial score (nSPS) is 17.2. The smallest absolute Gasteiger partial charge is 0.282 e. The number of amides is 2. The number of benzene rings is 3. The Hall–Kier alpha value is -3.58. The summed E-state index contributed by atoms with van der Waals surface area (Å²) in [6.07, 6.45) is 8.10. The van der Waals surface area contributed by atoms with Gasteiger partial charge in [-0.25, -0.2) is 5.01 Å². The number of hydrogen-bond acceptors (Lipinski definition) is 4. The molecule has 6 nitrogen and oxygen atoms in total. The molecule has 2 aliphatic rings. The molecule has 3 aromatic carbocycles. The predicted molar refractivity (Wildman–Crippen MR) is 147 cm³/mol. The number of carbonyl (C=O) groups excluding carboxylic acids is 2. The lowest BCUT2D eigenvalue weighted by molar-refractivity contribution is -0.117. The van der Waals surface area contributed by atoms with E-state index in [-0.39, 0.29) is 5.57 Å². The standard InChI is InChI=1S/C30H29BrN2O4/c31-24-13-16-28(37-18-17-36-26-14-11-22(12-15-26)21-7-3-1-4-8-21)23(19-24)20-27-29(34)32-33(30(27)35)25-9-5-2-6-10-25/h2,5-6,9-16,19-21H,1,3-4,7-8,17-18H2,(H,32,34)/b27-20+. The summed E-state index contributed by atoms with van der Waals surface area (Å²) in [7, 11) is 0. The number of halogens is 1. The fourth-order valence-electron chi connectivity index (χ4n) is 4.82. The van der Waals surface area contributed by atoms with Crippen LogP contribution in [0.4, 0.5) is 5.69 Å². The van der Waals surface area contributed by atoms with Gasteiger partial charge in [-0.05, 0) is 72.9 Å². The number of nitrogens with zero attached hydrogens (tertiary/aromatic N) is 1. The minimum absolute atomic E-state index is 0.0427. The summed E-state index contributed by atoms with van der Waals surface area (Å²) in [5.74, 6) is 1.17. The van der Waals surface area contributed by atoms with Crippen LogP contribution in [-0.4, -0.2) is 25.0 Å². The van der Waals surface area contributed by atoms with Crippen LogP contribution in [0.25, 0.3) is 6.08 Å². The molecule has 1 saturated heterocycles. The molecule has 3 aromatic rings. The highest BCUT2D eigenvalue weighted by Gasteiger charge is 2.34. The van der Waals surface area contributed by atoms with Crippen molar-refractivity contribution in [1.82, 2.24) is 5.43 Å². The van der Waals surface area contributed by atoms with E-state index in [1.165, 1.54) is 42.7 Å². The molecule has 0 unspecified atom stereocenters. The molecule has 0 atom stereocenters. The number of ether oxygens (including phenoxy) is 2. The van der Waals surface area contributed by atoms with Gasteiger partial charge in [0.2, 0.25) is 0 Å². The summed E-state index contributed by atoms with van der Waals surface area (Å²) < 4.78 is 12.7. The van der Waals surface area contributed by atoms with Crippen molar-refractivity contribution in [3.63, 3.8) is 0 Å². The Morgan fingerprint density at radius 2 is 1.62 bits per heavy atom. The van der Waals surface area contributed by atoms with Gasteiger partial charge in [0.15, 0.2) is 0 Å². The molecule has 0 spiro atoms. The van der Waals surface area contributed by atoms with E-state index in [9.17, 15) is 9.59 Å². The number of anilines is 1. The number of hydrazine groups is 1. The van der Waals surface area contributed by atoms with Crippen molar-refractivity contribution < 1.29 is 19.1 Å². The van der Waals surface area contributed by atoms with Gasteiger partial charge < -0.3 is 9.47 Å². The van der Waals surface area contributed by atoms with Crippen LogP contribution in [0.5, 0.6) is 11.5 Å². The van der Waals surface area contributed by atoms with E-state index in [0.29, 0.717) is 36.1 Å². The van der Waals surface area contributed by atoms with Crippen molar-refractivity contribution in [3.8, 4) is 11.5 Å². The highest BCUT2D eigenvalue weighted by atomic mass is 79.9. The molecule has 0 radical (unpaired) electrons. The molecule has 2 amide bonds. The summed E-state index contributed by atoms with van der Waals surface area (Å²) >= 11 is 3.47. The predicted octanol–water partition coefficient (Wildman–Crippen LogP) is 6.42. The first kappa shape index (κ1) is 25.1. The van der Waals surface area contributed by atoms with Crippen LogP contribution in [0, 0.1) is 0 Å². The van der Waals surface area contributed by atoms with Gasteiger partial charge in [0.05, 0.1) is 5.69 Å². The Labute approximate surface area is 225 Å². The topological polar surface area (TPSA) is 67.9 Å². The molecule has 1 aliphatic carbocycles. The Kier molecular flexibility index (Phi) is 7.90. The lowest BCUT2D eigenvalue weighted by atomic mass is 9.84. The van der Waals surface area contributed by atoms with Crippen LogP contribution < -0.4 is 19.9 Å². The Balaban J connectivity index is 1.21. The Morgan fingerprint density at radius 1 is 0.892 bits per heavy atom. The van der Waals surface area contributed by atoms with E-state index in [0.717, 1.165) is 10.2 Å². The molecule has 0 aromatic heterocycles. The van der Waals surface area contributed by atoms with Crippen LogP contribution >= 0.6 is 15.9 Å². The van der Waals surface area contributed by atoms with Gasteiger partial charge in [0.25, 0.3) is 11.8 Å².